The molecule has 94 valence electrons. The maximum absolute atomic E-state index is 11.7. The molecule has 0 saturated heterocycles. The van der Waals surface area contributed by atoms with Crippen LogP contribution in [0.15, 0.2) is 0 Å². The van der Waals surface area contributed by atoms with Gasteiger partial charge in [-0.25, -0.2) is 0 Å². The molecule has 16 heavy (non-hydrogen) atoms. The van der Waals surface area contributed by atoms with Crippen molar-refractivity contribution in [3.8, 4) is 0 Å². The predicted molar refractivity (Wildman–Crippen MR) is 67.3 cm³/mol. The van der Waals surface area contributed by atoms with Crippen molar-refractivity contribution in [2.75, 3.05) is 6.54 Å². The topological polar surface area (TPSA) is 41.1 Å². The molecule has 1 fully saturated rings. The van der Waals surface area contributed by atoms with Gasteiger partial charge in [0.2, 0.25) is 5.91 Å². The van der Waals surface area contributed by atoms with Crippen LogP contribution in [0.2, 0.25) is 0 Å². The fraction of sp³-hybridized carbons (Fsp3) is 0.923. The largest absolute Gasteiger partial charge is 0.350 e. The van der Waals surface area contributed by atoms with Gasteiger partial charge < -0.3 is 10.6 Å². The number of amides is 1. The molecule has 3 nitrogen and oxygen atoms in total. The molecule has 1 amide bonds. The molecule has 0 spiro atoms. The Bertz CT molecular complexity index is 229. The molecule has 2 N–H and O–H groups in total. The average molecular weight is 226 g/mol. The molecule has 1 saturated carbocycles. The van der Waals surface area contributed by atoms with E-state index in [1.165, 1.54) is 25.7 Å². The van der Waals surface area contributed by atoms with Crippen LogP contribution >= 0.6 is 0 Å². The highest BCUT2D eigenvalue weighted by atomic mass is 16.2. The van der Waals surface area contributed by atoms with Crippen molar-refractivity contribution >= 4 is 5.91 Å². The Kier molecular flexibility index (Phi) is 4.78. The van der Waals surface area contributed by atoms with E-state index in [1.54, 1.807) is 0 Å². The fourth-order valence-corrected chi connectivity index (χ4v) is 1.86. The van der Waals surface area contributed by atoms with Crippen molar-refractivity contribution in [1.29, 1.82) is 0 Å². The average Bonchev–Trinajstić information content (AvgIpc) is 2.05. The normalized spacial score (nSPS) is 19.0. The van der Waals surface area contributed by atoms with E-state index >= 15 is 0 Å². The van der Waals surface area contributed by atoms with E-state index < -0.39 is 0 Å². The number of nitrogens with one attached hydrogen (secondary N) is 2. The van der Waals surface area contributed by atoms with Crippen LogP contribution < -0.4 is 10.6 Å². The van der Waals surface area contributed by atoms with E-state index in [9.17, 15) is 4.79 Å². The van der Waals surface area contributed by atoms with Gasteiger partial charge in [-0.15, -0.1) is 0 Å². The van der Waals surface area contributed by atoms with Crippen LogP contribution in [0.3, 0.4) is 0 Å². The maximum atomic E-state index is 11.7. The number of carbonyl (C=O) groups is 1. The Morgan fingerprint density at radius 1 is 1.38 bits per heavy atom. The predicted octanol–water partition coefficient (Wildman–Crippen LogP) is 2.07. The van der Waals surface area contributed by atoms with E-state index in [4.69, 9.17) is 0 Å². The van der Waals surface area contributed by atoms with Crippen LogP contribution in [0.4, 0.5) is 0 Å². The molecule has 1 atom stereocenters. The second-order valence-corrected chi connectivity index (χ2v) is 6.00. The zero-order valence-corrected chi connectivity index (χ0v) is 11.1. The number of hydrogen-bond donors (Lipinski definition) is 2. The lowest BCUT2D eigenvalue weighted by atomic mass is 9.83. The van der Waals surface area contributed by atoms with Crippen LogP contribution in [0.5, 0.6) is 0 Å². The van der Waals surface area contributed by atoms with Gasteiger partial charge in [-0.2, -0.15) is 0 Å². The molecule has 0 aliphatic heterocycles. The van der Waals surface area contributed by atoms with Gasteiger partial charge in [0.05, 0.1) is 6.04 Å². The lowest BCUT2D eigenvalue weighted by Gasteiger charge is -2.27. The molecule has 0 radical (unpaired) electrons. The van der Waals surface area contributed by atoms with E-state index in [2.05, 4.69) is 10.6 Å². The van der Waals surface area contributed by atoms with Crippen LogP contribution in [0.1, 0.15) is 53.4 Å². The van der Waals surface area contributed by atoms with E-state index in [-0.39, 0.29) is 17.5 Å². The van der Waals surface area contributed by atoms with E-state index in [0.29, 0.717) is 0 Å². The third kappa shape index (κ3) is 4.97. The van der Waals surface area contributed by atoms with Gasteiger partial charge in [-0.3, -0.25) is 4.79 Å². The summed E-state index contributed by atoms with van der Waals surface area (Å²) in [5.74, 6) is 1.01. The summed E-state index contributed by atoms with van der Waals surface area (Å²) in [7, 11) is 0. The van der Waals surface area contributed by atoms with Crippen molar-refractivity contribution in [3.63, 3.8) is 0 Å². The van der Waals surface area contributed by atoms with Crippen molar-refractivity contribution in [2.24, 2.45) is 5.92 Å². The summed E-state index contributed by atoms with van der Waals surface area (Å²) in [5.41, 5.74) is -0.138. The zero-order chi connectivity index (χ0) is 12.2. The zero-order valence-electron chi connectivity index (χ0n) is 11.1. The molecule has 1 aliphatic rings. The molecule has 1 aliphatic carbocycles. The van der Waals surface area contributed by atoms with Crippen molar-refractivity contribution < 1.29 is 4.79 Å². The highest BCUT2D eigenvalue weighted by Gasteiger charge is 2.20. The first-order valence-corrected chi connectivity index (χ1v) is 6.44. The summed E-state index contributed by atoms with van der Waals surface area (Å²) >= 11 is 0. The first-order chi connectivity index (χ1) is 7.38. The minimum absolute atomic E-state index is 0.0840. The SMILES string of the molecule is CC(NCCC1CCC1)C(=O)NC(C)(C)C. The molecule has 0 aromatic rings. The smallest absolute Gasteiger partial charge is 0.237 e. The van der Waals surface area contributed by atoms with Crippen LogP contribution in [0, 0.1) is 5.92 Å². The highest BCUT2D eigenvalue weighted by Crippen LogP contribution is 2.28. The highest BCUT2D eigenvalue weighted by molar-refractivity contribution is 5.81. The number of rotatable bonds is 5. The Morgan fingerprint density at radius 3 is 2.44 bits per heavy atom. The van der Waals surface area contributed by atoms with Crippen molar-refractivity contribution in [3.05, 3.63) is 0 Å². The molecule has 1 rings (SSSR count). The lowest BCUT2D eigenvalue weighted by molar-refractivity contribution is -0.124. The second kappa shape index (κ2) is 5.67. The quantitative estimate of drug-likeness (QED) is 0.753. The molecule has 0 aromatic carbocycles. The van der Waals surface area contributed by atoms with Gasteiger partial charge in [0.25, 0.3) is 0 Å². The third-order valence-electron chi connectivity index (χ3n) is 3.12. The van der Waals surface area contributed by atoms with Gasteiger partial charge in [0, 0.05) is 5.54 Å². The Labute approximate surface area is 99.4 Å². The Hall–Kier alpha value is -0.570. The third-order valence-corrected chi connectivity index (χ3v) is 3.12. The first-order valence-electron chi connectivity index (χ1n) is 6.44. The summed E-state index contributed by atoms with van der Waals surface area (Å²) in [6.45, 7) is 8.91. The summed E-state index contributed by atoms with van der Waals surface area (Å²) in [6.07, 6.45) is 5.37. The van der Waals surface area contributed by atoms with Crippen molar-refractivity contribution in [1.82, 2.24) is 10.6 Å². The van der Waals surface area contributed by atoms with Crippen LogP contribution in [0.25, 0.3) is 0 Å². The summed E-state index contributed by atoms with van der Waals surface area (Å²) in [4.78, 5) is 11.7. The molecule has 1 unspecified atom stereocenters. The van der Waals surface area contributed by atoms with Crippen molar-refractivity contribution in [2.45, 2.75) is 65.0 Å². The van der Waals surface area contributed by atoms with E-state index in [1.807, 2.05) is 27.7 Å². The van der Waals surface area contributed by atoms with Gasteiger partial charge in [-0.05, 0) is 46.6 Å². The van der Waals surface area contributed by atoms with Gasteiger partial charge >= 0.3 is 0 Å². The second-order valence-electron chi connectivity index (χ2n) is 6.00. The van der Waals surface area contributed by atoms with Gasteiger partial charge in [-0.1, -0.05) is 19.3 Å². The maximum Gasteiger partial charge on any atom is 0.237 e. The summed E-state index contributed by atoms with van der Waals surface area (Å²) < 4.78 is 0. The number of carbonyl (C=O) groups excluding carboxylic acids is 1. The molecule has 3 heteroatoms. The standard InChI is InChI=1S/C13H26N2O/c1-10(12(16)15-13(2,3)4)14-9-8-11-6-5-7-11/h10-11,14H,5-9H2,1-4H3,(H,15,16). The van der Waals surface area contributed by atoms with Gasteiger partial charge in [0.1, 0.15) is 0 Å². The molecule has 0 heterocycles. The van der Waals surface area contributed by atoms with Crippen LogP contribution in [-0.2, 0) is 4.79 Å². The minimum Gasteiger partial charge on any atom is -0.350 e. The molecular weight excluding hydrogens is 200 g/mol. The number of hydrogen-bond acceptors (Lipinski definition) is 2. The summed E-state index contributed by atoms with van der Waals surface area (Å²) in [6, 6.07) is -0.0840. The monoisotopic (exact) mass is 226 g/mol. The fourth-order valence-electron chi connectivity index (χ4n) is 1.86. The van der Waals surface area contributed by atoms with Gasteiger partial charge in [0.15, 0.2) is 0 Å². The molecular formula is C13H26N2O. The molecule has 0 bridgehead atoms. The Morgan fingerprint density at radius 2 is 2.00 bits per heavy atom. The first kappa shape index (κ1) is 13.5. The molecule has 0 aromatic heterocycles. The van der Waals surface area contributed by atoms with Crippen LogP contribution in [-0.4, -0.2) is 24.0 Å². The van der Waals surface area contributed by atoms with E-state index in [0.717, 1.165) is 12.5 Å². The summed E-state index contributed by atoms with van der Waals surface area (Å²) in [5, 5.41) is 6.28. The lowest BCUT2D eigenvalue weighted by Crippen LogP contribution is -2.49. The Balaban J connectivity index is 2.12. The minimum atomic E-state index is -0.138.